The zero-order valence-corrected chi connectivity index (χ0v) is 46.0. The molecule has 0 aliphatic carbocycles. The molecule has 6 N–H and O–H groups in total. The van der Waals surface area contributed by atoms with Crippen LogP contribution in [0.15, 0.2) is 97.2 Å². The summed E-state index contributed by atoms with van der Waals surface area (Å²) < 4.78 is 17.5. The summed E-state index contributed by atoms with van der Waals surface area (Å²) in [6.07, 6.45) is 54.4. The van der Waals surface area contributed by atoms with E-state index in [2.05, 4.69) is 50.4 Å². The van der Waals surface area contributed by atoms with Crippen LogP contribution in [0, 0.1) is 0 Å². The van der Waals surface area contributed by atoms with Crippen LogP contribution in [0.2, 0.25) is 0 Å². The molecule has 11 nitrogen and oxygen atoms in total. The van der Waals surface area contributed by atoms with Gasteiger partial charge >= 0.3 is 5.97 Å². The van der Waals surface area contributed by atoms with Gasteiger partial charge in [-0.05, 0) is 70.6 Å². The fourth-order valence-corrected chi connectivity index (χ4v) is 8.50. The second kappa shape index (κ2) is 49.5. The molecule has 418 valence electrons. The molecule has 0 bridgehead atoms. The van der Waals surface area contributed by atoms with E-state index in [1.54, 1.807) is 6.08 Å². The molecule has 0 aromatic heterocycles. The highest BCUT2D eigenvalue weighted by Gasteiger charge is 2.47. The number of allylic oxidation sites excluding steroid dienone is 15. The van der Waals surface area contributed by atoms with Gasteiger partial charge in [0.05, 0.1) is 25.4 Å². The lowest BCUT2D eigenvalue weighted by Crippen LogP contribution is -2.61. The monoisotopic (exact) mass is 1020 g/mol. The number of esters is 1. The lowest BCUT2D eigenvalue weighted by molar-refractivity contribution is -0.305. The molecular weight excluding hydrogens is 919 g/mol. The van der Waals surface area contributed by atoms with Crippen LogP contribution >= 0.6 is 0 Å². The Morgan fingerprint density at radius 2 is 1.00 bits per heavy atom. The third-order valence-electron chi connectivity index (χ3n) is 13.1. The molecule has 8 atom stereocenters. The van der Waals surface area contributed by atoms with Gasteiger partial charge in [-0.15, -0.1) is 0 Å². The van der Waals surface area contributed by atoms with Crippen molar-refractivity contribution in [2.75, 3.05) is 13.2 Å². The van der Waals surface area contributed by atoms with Gasteiger partial charge in [0.2, 0.25) is 5.91 Å². The molecule has 8 unspecified atom stereocenters. The Morgan fingerprint density at radius 3 is 1.53 bits per heavy atom. The third kappa shape index (κ3) is 37.9. The van der Waals surface area contributed by atoms with Crippen LogP contribution in [0.5, 0.6) is 0 Å². The number of hydrogen-bond acceptors (Lipinski definition) is 10. The second-order valence-electron chi connectivity index (χ2n) is 19.8. The van der Waals surface area contributed by atoms with Crippen molar-refractivity contribution in [3.8, 4) is 0 Å². The lowest BCUT2D eigenvalue weighted by atomic mass is 9.99. The quantitative estimate of drug-likeness (QED) is 0.0149. The predicted octanol–water partition coefficient (Wildman–Crippen LogP) is 13.2. The van der Waals surface area contributed by atoms with Gasteiger partial charge in [-0.3, -0.25) is 9.59 Å². The minimum atomic E-state index is -1.64. The number of carbonyl (C=O) groups is 2. The maximum atomic E-state index is 13.4. The largest absolute Gasteiger partial charge is 0.454 e. The number of unbranched alkanes of at least 4 members (excludes halogenated alkanes) is 24. The van der Waals surface area contributed by atoms with Crippen LogP contribution in [0.1, 0.15) is 220 Å². The zero-order chi connectivity index (χ0) is 53.3. The van der Waals surface area contributed by atoms with Crippen LogP contribution < -0.4 is 5.32 Å². The summed E-state index contributed by atoms with van der Waals surface area (Å²) >= 11 is 0. The fourth-order valence-electron chi connectivity index (χ4n) is 8.50. The molecule has 0 spiro atoms. The van der Waals surface area contributed by atoms with E-state index in [1.807, 2.05) is 66.8 Å². The van der Waals surface area contributed by atoms with Crippen LogP contribution in [-0.4, -0.2) is 99.6 Å². The van der Waals surface area contributed by atoms with E-state index in [9.17, 15) is 35.1 Å². The molecule has 1 aliphatic rings. The van der Waals surface area contributed by atoms with Crippen molar-refractivity contribution < 1.29 is 49.3 Å². The van der Waals surface area contributed by atoms with Gasteiger partial charge in [-0.25, -0.2) is 0 Å². The van der Waals surface area contributed by atoms with Crippen LogP contribution in [0.4, 0.5) is 0 Å². The highest BCUT2D eigenvalue weighted by Crippen LogP contribution is 2.26. The molecule has 0 saturated carbocycles. The molecular formula is C62H105NO10. The number of ether oxygens (including phenoxy) is 3. The average molecular weight is 1020 g/mol. The topological polar surface area (TPSA) is 175 Å². The van der Waals surface area contributed by atoms with Crippen molar-refractivity contribution in [3.63, 3.8) is 0 Å². The summed E-state index contributed by atoms with van der Waals surface area (Å²) in [6.45, 7) is 5.58. The summed E-state index contributed by atoms with van der Waals surface area (Å²) in [6, 6.07) is -1.04. The summed E-state index contributed by atoms with van der Waals surface area (Å²) in [7, 11) is 0. The van der Waals surface area contributed by atoms with Crippen molar-refractivity contribution in [3.05, 3.63) is 97.2 Å². The Balaban J connectivity index is 2.78. The molecule has 0 aromatic carbocycles. The summed E-state index contributed by atoms with van der Waals surface area (Å²) in [5, 5.41) is 56.8. The van der Waals surface area contributed by atoms with Gasteiger partial charge in [0.1, 0.15) is 24.4 Å². The normalized spacial score (nSPS) is 20.1. The minimum absolute atomic E-state index is 0.0670. The van der Waals surface area contributed by atoms with Gasteiger partial charge in [0.15, 0.2) is 12.4 Å². The van der Waals surface area contributed by atoms with E-state index in [-0.39, 0.29) is 19.4 Å². The van der Waals surface area contributed by atoms with Crippen molar-refractivity contribution in [2.45, 2.75) is 269 Å². The highest BCUT2D eigenvalue weighted by atomic mass is 16.7. The minimum Gasteiger partial charge on any atom is -0.454 e. The van der Waals surface area contributed by atoms with Crippen LogP contribution in [0.25, 0.3) is 0 Å². The molecule has 1 amide bonds. The first-order chi connectivity index (χ1) is 35.7. The number of amides is 1. The van der Waals surface area contributed by atoms with E-state index in [0.29, 0.717) is 12.8 Å². The fraction of sp³-hybridized carbons (Fsp3) is 0.710. The molecule has 1 fully saturated rings. The van der Waals surface area contributed by atoms with E-state index in [4.69, 9.17) is 14.2 Å². The SMILES string of the molecule is CC\C=C/C=C/C=C/C=C\C=C\C=C\CCCCCC(=O)OC1C(OCC(NC(=O)C(O)CCCCCCCC/C=C\CCCCCC)C(O)/C=C/CCCCCCCCCCCCC)OC(CO)C(O)C1O. The molecule has 1 rings (SSSR count). The van der Waals surface area contributed by atoms with Crippen LogP contribution in [0.3, 0.4) is 0 Å². The maximum Gasteiger partial charge on any atom is 0.306 e. The number of aliphatic hydroxyl groups is 5. The Hall–Kier alpha value is -3.42. The Bertz CT molecular complexity index is 1550. The Kier molecular flexibility index (Phi) is 45.8. The standard InChI is InChI=1S/C62H105NO10/c1-4-7-10-13-16-19-22-25-27-28-29-32-35-38-41-44-47-50-57(67)73-60-59(69)58(68)56(51-64)72-62(60)71-52-53(54(65)48-45-42-39-36-33-30-24-21-18-15-12-9-6-3)63-61(70)55(66)49-46-43-40-37-34-31-26-23-20-17-14-11-8-5-2/h7,10,13,16,19-20,22-23,25,27-29,32,35,45,48,53-56,58-60,62,64-66,68-69H,4-6,8-9,11-12,14-15,17-18,21,24,26,30-31,33-34,36-44,46-47,49-52H2,1-3H3,(H,63,70)/b10-7-,16-13+,22-19+,23-20-,27-25-,29-28+,35-32+,48-45+. The summed E-state index contributed by atoms with van der Waals surface area (Å²) in [5.74, 6) is -1.25. The molecule has 1 heterocycles. The first-order valence-corrected chi connectivity index (χ1v) is 29.1. The van der Waals surface area contributed by atoms with Crippen molar-refractivity contribution in [2.24, 2.45) is 0 Å². The predicted molar refractivity (Wildman–Crippen MR) is 301 cm³/mol. The van der Waals surface area contributed by atoms with Crippen molar-refractivity contribution >= 4 is 11.9 Å². The van der Waals surface area contributed by atoms with Gasteiger partial charge in [-0.2, -0.15) is 0 Å². The smallest absolute Gasteiger partial charge is 0.306 e. The molecule has 73 heavy (non-hydrogen) atoms. The molecule has 1 aliphatic heterocycles. The molecule has 1 saturated heterocycles. The Labute approximate surface area is 444 Å². The lowest BCUT2D eigenvalue weighted by Gasteiger charge is -2.41. The highest BCUT2D eigenvalue weighted by molar-refractivity contribution is 5.80. The van der Waals surface area contributed by atoms with Gasteiger partial charge in [0.25, 0.3) is 0 Å². The van der Waals surface area contributed by atoms with Crippen molar-refractivity contribution in [1.29, 1.82) is 0 Å². The zero-order valence-electron chi connectivity index (χ0n) is 46.0. The average Bonchev–Trinajstić information content (AvgIpc) is 3.39. The number of nitrogens with one attached hydrogen (secondary N) is 1. The summed E-state index contributed by atoms with van der Waals surface area (Å²) in [5.41, 5.74) is 0. The number of carbonyl (C=O) groups excluding carboxylic acids is 2. The molecule has 0 radical (unpaired) electrons. The van der Waals surface area contributed by atoms with E-state index >= 15 is 0 Å². The van der Waals surface area contributed by atoms with E-state index in [0.717, 1.165) is 83.5 Å². The molecule has 0 aromatic rings. The summed E-state index contributed by atoms with van der Waals surface area (Å²) in [4.78, 5) is 26.5. The number of rotatable bonds is 47. The Morgan fingerprint density at radius 1 is 0.548 bits per heavy atom. The van der Waals surface area contributed by atoms with Crippen molar-refractivity contribution in [1.82, 2.24) is 5.32 Å². The maximum absolute atomic E-state index is 13.4. The van der Waals surface area contributed by atoms with E-state index < -0.39 is 67.4 Å². The van der Waals surface area contributed by atoms with Gasteiger partial charge < -0.3 is 45.1 Å². The number of aliphatic hydroxyl groups excluding tert-OH is 5. The first-order valence-electron chi connectivity index (χ1n) is 29.1. The number of hydrogen-bond donors (Lipinski definition) is 6. The van der Waals surface area contributed by atoms with Gasteiger partial charge in [-0.1, -0.05) is 240 Å². The molecule has 11 heteroatoms. The van der Waals surface area contributed by atoms with Gasteiger partial charge in [0, 0.05) is 6.42 Å². The van der Waals surface area contributed by atoms with E-state index in [1.165, 1.54) is 89.9 Å². The first kappa shape index (κ1) is 67.6. The third-order valence-corrected chi connectivity index (χ3v) is 13.1. The second-order valence-corrected chi connectivity index (χ2v) is 19.8. The van der Waals surface area contributed by atoms with Crippen LogP contribution in [-0.2, 0) is 23.8 Å².